The molecule has 2 aromatic heterocycles. The summed E-state index contributed by atoms with van der Waals surface area (Å²) >= 11 is 0. The molecule has 0 atom stereocenters. The first-order valence-corrected chi connectivity index (χ1v) is 51.7. The molecule has 1 aliphatic carbocycles. The number of anilines is 6. The Morgan fingerprint density at radius 1 is 0.154 bits per heavy atom. The minimum absolute atomic E-state index is 0.0996. The summed E-state index contributed by atoms with van der Waals surface area (Å²) in [4.78, 5) is 4.84. The Bertz CT molecular complexity index is 9840. The molecule has 0 aliphatic heterocycles. The van der Waals surface area contributed by atoms with Gasteiger partial charge in [-0.25, -0.2) is 0 Å². The Morgan fingerprint density at radius 3 is 0.859 bits per heavy atom. The lowest BCUT2D eigenvalue weighted by atomic mass is 9.80. The van der Waals surface area contributed by atoms with E-state index in [0.717, 1.165) is 45.5 Å². The molecule has 0 unspecified atom stereocenters. The number of nitrogens with zero attached hydrogens (tertiary/aromatic N) is 4. The highest BCUT2D eigenvalue weighted by Gasteiger charge is 2.36. The molecule has 28 aromatic rings. The van der Waals surface area contributed by atoms with Crippen molar-refractivity contribution in [2.75, 3.05) is 9.80 Å². The summed E-state index contributed by atoms with van der Waals surface area (Å²) in [6.07, 6.45) is 0. The highest BCUT2D eigenvalue weighted by atomic mass is 15.2. The van der Waals surface area contributed by atoms with Crippen LogP contribution < -0.4 is 9.80 Å². The zero-order chi connectivity index (χ0) is 98.7. The second-order valence-electron chi connectivity index (χ2n) is 40.0. The number of rotatable bonds is 16. The van der Waals surface area contributed by atoms with Gasteiger partial charge >= 0.3 is 0 Å². The van der Waals surface area contributed by atoms with E-state index in [4.69, 9.17) is 0 Å². The van der Waals surface area contributed by atoms with Crippen molar-refractivity contribution in [1.82, 2.24) is 9.13 Å². The van der Waals surface area contributed by atoms with Crippen LogP contribution in [0.5, 0.6) is 0 Å². The summed E-state index contributed by atoms with van der Waals surface area (Å²) in [5, 5.41) is 22.2. The first-order chi connectivity index (χ1) is 73.7. The number of fused-ring (bicyclic) bond motifs is 16. The van der Waals surface area contributed by atoms with Crippen molar-refractivity contribution in [2.45, 2.75) is 19.3 Å². The third-order valence-electron chi connectivity index (χ3n) is 31.3. The SMILES string of the molecule is CC1(C)c2ccccc2-c2ccc(-c3c4ccccc4c(-c4cccc5c(N(c6ccccc6)c6ccc(-n7c8ccc(-c9ccccc9)cc8c8cc(-c9ccccc9)ccc87)cc6)cccc45)c4ccccc34)cc21.c1ccc(-c2ccc3c(c2)c2cc(-c4ccccc4)ccc2n3-c2ccc(N(c3ccccc3)c3ccc(-c4c5ccccc5c(-c5ccc6ccccc6c5)c5ccccc45)c4ccccc34)cc2)cc1. The van der Waals surface area contributed by atoms with Crippen LogP contribution in [-0.4, -0.2) is 9.13 Å². The predicted molar refractivity (Wildman–Crippen MR) is 635 cm³/mol. The van der Waals surface area contributed by atoms with Gasteiger partial charge < -0.3 is 18.9 Å². The topological polar surface area (TPSA) is 16.3 Å². The summed E-state index contributed by atoms with van der Waals surface area (Å²) in [6.45, 7) is 4.75. The second-order valence-corrected chi connectivity index (χ2v) is 40.0. The van der Waals surface area contributed by atoms with Crippen LogP contribution >= 0.6 is 0 Å². The largest absolute Gasteiger partial charge is 0.310 e. The van der Waals surface area contributed by atoms with Crippen LogP contribution in [0.3, 0.4) is 0 Å². The van der Waals surface area contributed by atoms with E-state index in [1.807, 2.05) is 0 Å². The predicted octanol–water partition coefficient (Wildman–Crippen LogP) is 40.2. The molecule has 4 heteroatoms. The summed E-state index contributed by atoms with van der Waals surface area (Å²) in [5.74, 6) is 0. The van der Waals surface area contributed by atoms with Gasteiger partial charge in [0.25, 0.3) is 0 Å². The molecule has 0 bridgehead atoms. The fourth-order valence-corrected chi connectivity index (χ4v) is 24.4. The molecule has 0 amide bonds. The molecule has 149 heavy (non-hydrogen) atoms. The lowest BCUT2D eigenvalue weighted by molar-refractivity contribution is 0.660. The Kier molecular flexibility index (Phi) is 21.3. The molecule has 0 N–H and O–H groups in total. The molecule has 0 radical (unpaired) electrons. The Balaban J connectivity index is 0.000000144. The van der Waals surface area contributed by atoms with Gasteiger partial charge in [0.05, 0.1) is 33.4 Å². The maximum atomic E-state index is 2.48. The molecule has 29 rings (SSSR count). The van der Waals surface area contributed by atoms with Gasteiger partial charge in [-0.15, -0.1) is 0 Å². The Labute approximate surface area is 865 Å². The van der Waals surface area contributed by atoms with Crippen molar-refractivity contribution in [1.29, 1.82) is 0 Å². The maximum Gasteiger partial charge on any atom is 0.0541 e. The van der Waals surface area contributed by atoms with Crippen LogP contribution in [0, 0.1) is 0 Å². The van der Waals surface area contributed by atoms with E-state index in [1.54, 1.807) is 0 Å². The Hall–Kier alpha value is -19.3. The summed E-state index contributed by atoms with van der Waals surface area (Å²) in [6, 6.07) is 205. The molecule has 0 saturated carbocycles. The van der Waals surface area contributed by atoms with Crippen LogP contribution in [-0.2, 0) is 5.41 Å². The van der Waals surface area contributed by atoms with Crippen molar-refractivity contribution < 1.29 is 0 Å². The smallest absolute Gasteiger partial charge is 0.0541 e. The molecule has 0 saturated heterocycles. The van der Waals surface area contributed by atoms with E-state index in [0.29, 0.717) is 0 Å². The zero-order valence-corrected chi connectivity index (χ0v) is 82.4. The van der Waals surface area contributed by atoms with E-state index in [1.165, 1.54) is 230 Å². The van der Waals surface area contributed by atoms with Crippen LogP contribution in [0.15, 0.2) is 558 Å². The van der Waals surface area contributed by atoms with E-state index in [-0.39, 0.29) is 5.41 Å². The molecule has 0 spiro atoms. The molecule has 4 nitrogen and oxygen atoms in total. The summed E-state index contributed by atoms with van der Waals surface area (Å²) in [7, 11) is 0. The minimum atomic E-state index is -0.0996. The second kappa shape index (κ2) is 36.2. The van der Waals surface area contributed by atoms with Gasteiger partial charge in [-0.05, 0) is 321 Å². The molecule has 0 fully saturated rings. The summed E-state index contributed by atoms with van der Waals surface area (Å²) in [5.41, 5.74) is 38.5. The highest BCUT2D eigenvalue weighted by molar-refractivity contribution is 6.27. The van der Waals surface area contributed by atoms with Crippen LogP contribution in [0.4, 0.5) is 34.1 Å². The lowest BCUT2D eigenvalue weighted by Gasteiger charge is -2.28. The van der Waals surface area contributed by atoms with Gasteiger partial charge in [0.1, 0.15) is 0 Å². The third kappa shape index (κ3) is 14.9. The molecular formula is C145H98N4. The number of aromatic nitrogens is 2. The molecular weight excluding hydrogens is 1800 g/mol. The zero-order valence-electron chi connectivity index (χ0n) is 82.4. The van der Waals surface area contributed by atoms with E-state index in [9.17, 15) is 0 Å². The average Bonchev–Trinajstić information content (AvgIpc) is 1.66. The highest BCUT2D eigenvalue weighted by Crippen LogP contribution is 2.56. The van der Waals surface area contributed by atoms with Crippen LogP contribution in [0.1, 0.15) is 25.0 Å². The summed E-state index contributed by atoms with van der Waals surface area (Å²) < 4.78 is 4.86. The van der Waals surface area contributed by atoms with Crippen LogP contribution in [0.25, 0.3) is 231 Å². The fraction of sp³-hybridized carbons (Fsp3) is 0.0207. The lowest BCUT2D eigenvalue weighted by Crippen LogP contribution is -2.14. The van der Waals surface area contributed by atoms with E-state index >= 15 is 0 Å². The van der Waals surface area contributed by atoms with Crippen molar-refractivity contribution in [2.24, 2.45) is 0 Å². The first kappa shape index (κ1) is 87.5. The molecule has 26 aromatic carbocycles. The normalized spacial score (nSPS) is 12.1. The molecule has 2 heterocycles. The van der Waals surface area contributed by atoms with Crippen molar-refractivity contribution in [3.05, 3.63) is 569 Å². The van der Waals surface area contributed by atoms with Gasteiger partial charge in [-0.3, -0.25) is 0 Å². The Morgan fingerprint density at radius 2 is 0.436 bits per heavy atom. The average molecular weight is 1900 g/mol. The van der Waals surface area contributed by atoms with Gasteiger partial charge in [-0.1, -0.05) is 426 Å². The van der Waals surface area contributed by atoms with Gasteiger partial charge in [-0.2, -0.15) is 0 Å². The van der Waals surface area contributed by atoms with Crippen LogP contribution in [0.2, 0.25) is 0 Å². The minimum Gasteiger partial charge on any atom is -0.310 e. The molecule has 698 valence electrons. The third-order valence-corrected chi connectivity index (χ3v) is 31.3. The standard InChI is InChI=1S/C75H52N2.C70H46N2/c1-75(2)68-34-17-16-26-58(68)59-43-36-53(48-69(59)75)73-62-27-12-14-29-64(62)74(65-30-15-13-28-63(65)73)61-33-18-32-60-57(61)31-19-35-70(60)76(54-24-10-5-11-25-54)55-39-41-56(42-40-55)77-71-44-37-51(49-20-6-3-7-21-49)46-66(71)67-47-52(38-45-72(67)77)50-22-8-4-9-23-50;1-4-18-47(19-5-1)51-34-41-67-64(45-51)65-46-52(48-20-6-2-7-21-48)35-42-68(65)72(67)56-38-36-55(37-39-56)71(54-24-8-3-9-25-54)66-43-40-63(57-26-12-13-27-58(57)66)70-61-30-16-14-28-59(61)69(60-29-15-17-31-62(60)70)53-33-32-49-22-10-11-23-50(49)44-53/h3-48H,1-2H3;1-46H. The number of benzene rings is 26. The number of para-hydroxylation sites is 2. The van der Waals surface area contributed by atoms with Crippen molar-refractivity contribution in [3.63, 3.8) is 0 Å². The van der Waals surface area contributed by atoms with E-state index < -0.39 is 0 Å². The monoisotopic (exact) mass is 1890 g/mol. The van der Waals surface area contributed by atoms with Gasteiger partial charge in [0.2, 0.25) is 0 Å². The van der Waals surface area contributed by atoms with Gasteiger partial charge in [0, 0.05) is 71.9 Å². The first-order valence-electron chi connectivity index (χ1n) is 51.7. The number of hydrogen-bond donors (Lipinski definition) is 0. The van der Waals surface area contributed by atoms with Gasteiger partial charge in [0.15, 0.2) is 0 Å². The molecule has 1 aliphatic rings. The van der Waals surface area contributed by atoms with Crippen molar-refractivity contribution >= 4 is 153 Å². The van der Waals surface area contributed by atoms with E-state index in [2.05, 4.69) is 591 Å². The maximum absolute atomic E-state index is 2.48. The fourth-order valence-electron chi connectivity index (χ4n) is 24.4. The van der Waals surface area contributed by atoms with Crippen molar-refractivity contribution in [3.8, 4) is 112 Å². The quantitative estimate of drug-likeness (QED) is 0.0897. The number of hydrogen-bond acceptors (Lipinski definition) is 2.